The van der Waals surface area contributed by atoms with Crippen LogP contribution in [0.25, 0.3) is 0 Å². The summed E-state index contributed by atoms with van der Waals surface area (Å²) < 4.78 is 0. The van der Waals surface area contributed by atoms with E-state index in [4.69, 9.17) is 5.73 Å². The lowest BCUT2D eigenvalue weighted by atomic mass is 9.90. The van der Waals surface area contributed by atoms with Gasteiger partial charge in [-0.2, -0.15) is 0 Å². The molecule has 0 radical (unpaired) electrons. The van der Waals surface area contributed by atoms with Crippen molar-refractivity contribution in [2.45, 2.75) is 71.8 Å². The lowest BCUT2D eigenvalue weighted by molar-refractivity contribution is 0.375. The first-order chi connectivity index (χ1) is 9.17. The molecule has 0 aromatic heterocycles. The van der Waals surface area contributed by atoms with Gasteiger partial charge in [0.2, 0.25) is 0 Å². The van der Waals surface area contributed by atoms with Gasteiger partial charge in [0.1, 0.15) is 0 Å². The molecule has 0 saturated carbocycles. The van der Waals surface area contributed by atoms with Crippen LogP contribution in [0.5, 0.6) is 0 Å². The molecule has 1 heteroatoms. The van der Waals surface area contributed by atoms with Crippen molar-refractivity contribution in [3.63, 3.8) is 0 Å². The summed E-state index contributed by atoms with van der Waals surface area (Å²) in [5.41, 5.74) is 9.17. The Balaban J connectivity index is 2.34. The zero-order chi connectivity index (χ0) is 14.1. The molecule has 0 fully saturated rings. The van der Waals surface area contributed by atoms with E-state index in [1.54, 1.807) is 0 Å². The van der Waals surface area contributed by atoms with E-state index in [1.807, 2.05) is 0 Å². The SMILES string of the molecule is CCCCC(CC)CC(N)CCc1ccccc1C. The van der Waals surface area contributed by atoms with Gasteiger partial charge in [0.05, 0.1) is 0 Å². The zero-order valence-electron chi connectivity index (χ0n) is 13.0. The Kier molecular flexibility index (Phi) is 7.81. The first-order valence-electron chi connectivity index (χ1n) is 7.97. The molecule has 19 heavy (non-hydrogen) atoms. The first kappa shape index (κ1) is 16.2. The van der Waals surface area contributed by atoms with Gasteiger partial charge < -0.3 is 5.73 Å². The van der Waals surface area contributed by atoms with E-state index in [0.717, 1.165) is 18.8 Å². The fraction of sp³-hybridized carbons (Fsp3) is 0.667. The second-order valence-electron chi connectivity index (χ2n) is 5.88. The van der Waals surface area contributed by atoms with Crippen molar-refractivity contribution in [3.05, 3.63) is 35.4 Å². The van der Waals surface area contributed by atoms with Gasteiger partial charge in [-0.3, -0.25) is 0 Å². The van der Waals surface area contributed by atoms with E-state index in [1.165, 1.54) is 43.2 Å². The van der Waals surface area contributed by atoms with Crippen molar-refractivity contribution < 1.29 is 0 Å². The second kappa shape index (κ2) is 9.14. The minimum Gasteiger partial charge on any atom is -0.328 e. The lowest BCUT2D eigenvalue weighted by Gasteiger charge is -2.19. The summed E-state index contributed by atoms with van der Waals surface area (Å²) >= 11 is 0. The van der Waals surface area contributed by atoms with Crippen LogP contribution in [0.1, 0.15) is 63.5 Å². The van der Waals surface area contributed by atoms with Crippen LogP contribution in [-0.2, 0) is 6.42 Å². The number of unbranched alkanes of at least 4 members (excludes halogenated alkanes) is 1. The first-order valence-corrected chi connectivity index (χ1v) is 7.97. The monoisotopic (exact) mass is 261 g/mol. The van der Waals surface area contributed by atoms with Gasteiger partial charge in [-0.05, 0) is 43.2 Å². The van der Waals surface area contributed by atoms with Gasteiger partial charge in [-0.25, -0.2) is 0 Å². The molecular weight excluding hydrogens is 230 g/mol. The Morgan fingerprint density at radius 3 is 2.47 bits per heavy atom. The van der Waals surface area contributed by atoms with Crippen LogP contribution in [0.2, 0.25) is 0 Å². The lowest BCUT2D eigenvalue weighted by Crippen LogP contribution is -2.24. The molecule has 2 atom stereocenters. The van der Waals surface area contributed by atoms with Crippen LogP contribution in [0, 0.1) is 12.8 Å². The van der Waals surface area contributed by atoms with Crippen LogP contribution in [0.3, 0.4) is 0 Å². The summed E-state index contributed by atoms with van der Waals surface area (Å²) in [6, 6.07) is 9.02. The Hall–Kier alpha value is -0.820. The molecule has 0 amide bonds. The topological polar surface area (TPSA) is 26.0 Å². The molecule has 108 valence electrons. The minimum absolute atomic E-state index is 0.362. The van der Waals surface area contributed by atoms with Crippen LogP contribution in [-0.4, -0.2) is 6.04 Å². The highest BCUT2D eigenvalue weighted by Crippen LogP contribution is 2.20. The Morgan fingerprint density at radius 1 is 1.11 bits per heavy atom. The quantitative estimate of drug-likeness (QED) is 0.675. The number of aryl methyl sites for hydroxylation is 2. The predicted octanol–water partition coefficient (Wildman–Crippen LogP) is 4.86. The highest BCUT2D eigenvalue weighted by Gasteiger charge is 2.12. The summed E-state index contributed by atoms with van der Waals surface area (Å²) in [6.07, 6.45) is 8.72. The van der Waals surface area contributed by atoms with Crippen molar-refractivity contribution >= 4 is 0 Å². The number of nitrogens with two attached hydrogens (primary N) is 1. The van der Waals surface area contributed by atoms with Gasteiger partial charge in [-0.15, -0.1) is 0 Å². The fourth-order valence-electron chi connectivity index (χ4n) is 2.76. The third-order valence-electron chi connectivity index (χ3n) is 4.23. The van der Waals surface area contributed by atoms with Crippen molar-refractivity contribution in [3.8, 4) is 0 Å². The predicted molar refractivity (Wildman–Crippen MR) is 85.4 cm³/mol. The average Bonchev–Trinajstić information content (AvgIpc) is 2.42. The van der Waals surface area contributed by atoms with Crippen LogP contribution in [0.15, 0.2) is 24.3 Å². The molecule has 2 unspecified atom stereocenters. The summed E-state index contributed by atoms with van der Waals surface area (Å²) in [4.78, 5) is 0. The Morgan fingerprint density at radius 2 is 1.84 bits per heavy atom. The maximum Gasteiger partial charge on any atom is 0.00446 e. The molecule has 0 spiro atoms. The summed E-state index contributed by atoms with van der Waals surface area (Å²) in [5, 5.41) is 0. The van der Waals surface area contributed by atoms with Gasteiger partial charge in [0, 0.05) is 6.04 Å². The van der Waals surface area contributed by atoms with E-state index in [9.17, 15) is 0 Å². The molecule has 0 bridgehead atoms. The molecule has 0 aliphatic carbocycles. The number of hydrogen-bond acceptors (Lipinski definition) is 1. The van der Waals surface area contributed by atoms with Crippen LogP contribution in [0.4, 0.5) is 0 Å². The van der Waals surface area contributed by atoms with E-state index >= 15 is 0 Å². The molecule has 1 rings (SSSR count). The molecule has 1 aromatic rings. The van der Waals surface area contributed by atoms with Crippen LogP contribution >= 0.6 is 0 Å². The maximum absolute atomic E-state index is 6.32. The number of hydrogen-bond donors (Lipinski definition) is 1. The molecule has 0 heterocycles. The summed E-state index contributed by atoms with van der Waals surface area (Å²) in [7, 11) is 0. The van der Waals surface area contributed by atoms with Gasteiger partial charge in [0.25, 0.3) is 0 Å². The highest BCUT2D eigenvalue weighted by atomic mass is 14.6. The van der Waals surface area contributed by atoms with E-state index in [-0.39, 0.29) is 0 Å². The van der Waals surface area contributed by atoms with Crippen LogP contribution < -0.4 is 5.73 Å². The van der Waals surface area contributed by atoms with E-state index < -0.39 is 0 Å². The molecule has 1 nitrogen and oxygen atoms in total. The number of rotatable bonds is 9. The fourth-order valence-corrected chi connectivity index (χ4v) is 2.76. The maximum atomic E-state index is 6.32. The minimum atomic E-state index is 0.362. The molecule has 2 N–H and O–H groups in total. The number of benzene rings is 1. The Bertz CT molecular complexity index is 345. The largest absolute Gasteiger partial charge is 0.328 e. The van der Waals surface area contributed by atoms with Crippen molar-refractivity contribution in [1.82, 2.24) is 0 Å². The molecule has 0 saturated heterocycles. The normalized spacial score (nSPS) is 14.3. The standard InChI is InChI=1S/C18H31N/c1-4-6-10-16(5-2)14-18(19)13-12-17-11-8-7-9-15(17)3/h7-9,11,16,18H,4-6,10,12-14,19H2,1-3H3. The smallest absolute Gasteiger partial charge is 0.00446 e. The average molecular weight is 261 g/mol. The highest BCUT2D eigenvalue weighted by molar-refractivity contribution is 5.25. The summed E-state index contributed by atoms with van der Waals surface area (Å²) in [5.74, 6) is 0.826. The Labute approximate surface area is 119 Å². The van der Waals surface area contributed by atoms with Gasteiger partial charge >= 0.3 is 0 Å². The van der Waals surface area contributed by atoms with E-state index in [2.05, 4.69) is 45.0 Å². The molecular formula is C18H31N. The molecule has 0 aliphatic rings. The van der Waals surface area contributed by atoms with Crippen molar-refractivity contribution in [1.29, 1.82) is 0 Å². The van der Waals surface area contributed by atoms with Gasteiger partial charge in [-0.1, -0.05) is 63.8 Å². The third kappa shape index (κ3) is 6.24. The van der Waals surface area contributed by atoms with Crippen molar-refractivity contribution in [2.75, 3.05) is 0 Å². The molecule has 1 aromatic carbocycles. The van der Waals surface area contributed by atoms with Crippen molar-refractivity contribution in [2.24, 2.45) is 11.7 Å². The van der Waals surface area contributed by atoms with E-state index in [0.29, 0.717) is 6.04 Å². The second-order valence-corrected chi connectivity index (χ2v) is 5.88. The van der Waals surface area contributed by atoms with Gasteiger partial charge in [0.15, 0.2) is 0 Å². The molecule has 0 aliphatic heterocycles. The third-order valence-corrected chi connectivity index (χ3v) is 4.23. The zero-order valence-corrected chi connectivity index (χ0v) is 13.0. The summed E-state index contributed by atoms with van der Waals surface area (Å²) in [6.45, 7) is 6.76.